The molecule has 0 bridgehead atoms. The van der Waals surface area contributed by atoms with Gasteiger partial charge in [0, 0.05) is 6.42 Å². The second-order valence-corrected chi connectivity index (χ2v) is 4.78. The molecule has 0 aliphatic rings. The molecule has 0 saturated heterocycles. The number of benzene rings is 1. The molecule has 0 heterocycles. The molecule has 0 N–H and O–H groups in total. The van der Waals surface area contributed by atoms with Gasteiger partial charge >= 0.3 is 12.1 Å². The molecule has 0 aliphatic carbocycles. The molecule has 0 aromatic heterocycles. The predicted octanol–water partition coefficient (Wildman–Crippen LogP) is 3.47. The predicted molar refractivity (Wildman–Crippen MR) is 75.2 cm³/mol. The van der Waals surface area contributed by atoms with Gasteiger partial charge in [0.05, 0.1) is 24.2 Å². The maximum absolute atomic E-state index is 12.8. The summed E-state index contributed by atoms with van der Waals surface area (Å²) in [6.07, 6.45) is -4.61. The lowest BCUT2D eigenvalue weighted by atomic mass is 9.83. The molecule has 0 fully saturated rings. The van der Waals surface area contributed by atoms with Gasteiger partial charge in [-0.15, -0.1) is 0 Å². The van der Waals surface area contributed by atoms with E-state index in [2.05, 4.69) is 0 Å². The van der Waals surface area contributed by atoms with Crippen LogP contribution in [0, 0.1) is 17.2 Å². The molecule has 0 saturated carbocycles. The highest BCUT2D eigenvalue weighted by Gasteiger charge is 2.38. The Balaban J connectivity index is 3.31. The Morgan fingerprint density at radius 2 is 1.96 bits per heavy atom. The smallest absolute Gasteiger partial charge is 0.416 e. The number of ketones is 1. The van der Waals surface area contributed by atoms with Crippen LogP contribution >= 0.6 is 0 Å². The summed E-state index contributed by atoms with van der Waals surface area (Å²) < 4.78 is 43.2. The van der Waals surface area contributed by atoms with Crippen molar-refractivity contribution in [2.75, 3.05) is 6.61 Å². The van der Waals surface area contributed by atoms with Crippen molar-refractivity contribution in [3.63, 3.8) is 0 Å². The lowest BCUT2D eigenvalue weighted by molar-refractivity contribution is -0.152. The summed E-state index contributed by atoms with van der Waals surface area (Å²) in [6, 6.07) is 5.83. The number of nitriles is 1. The van der Waals surface area contributed by atoms with Crippen LogP contribution in [0.2, 0.25) is 0 Å². The Labute approximate surface area is 131 Å². The quantitative estimate of drug-likeness (QED) is 0.593. The zero-order chi connectivity index (χ0) is 17.6. The van der Waals surface area contributed by atoms with E-state index in [1.807, 2.05) is 0 Å². The Morgan fingerprint density at radius 3 is 2.43 bits per heavy atom. The summed E-state index contributed by atoms with van der Waals surface area (Å²) in [7, 11) is 0. The number of rotatable bonds is 6. The van der Waals surface area contributed by atoms with E-state index < -0.39 is 35.3 Å². The van der Waals surface area contributed by atoms with Gasteiger partial charge in [0.1, 0.15) is 11.7 Å². The number of halogens is 3. The highest BCUT2D eigenvalue weighted by Crippen LogP contribution is 2.33. The number of nitrogens with zero attached hydrogens (tertiary/aromatic N) is 1. The van der Waals surface area contributed by atoms with Gasteiger partial charge in [0.2, 0.25) is 0 Å². The number of carbonyl (C=O) groups is 2. The number of esters is 1. The molecule has 2 unspecified atom stereocenters. The minimum Gasteiger partial charge on any atom is -0.465 e. The molecule has 0 spiro atoms. The third-order valence-electron chi connectivity index (χ3n) is 3.28. The number of ether oxygens (including phenoxy) is 1. The molecule has 1 aromatic rings. The minimum absolute atomic E-state index is 0.00701. The number of carbonyl (C=O) groups excluding carboxylic acids is 2. The number of Topliss-reactive ketones (excluding diaryl/α,β-unsaturated/α-hetero) is 1. The molecule has 2 atom stereocenters. The van der Waals surface area contributed by atoms with Gasteiger partial charge in [-0.1, -0.05) is 25.1 Å². The Hall–Kier alpha value is -2.36. The van der Waals surface area contributed by atoms with E-state index in [0.29, 0.717) is 0 Å². The molecule has 124 valence electrons. The van der Waals surface area contributed by atoms with E-state index in [0.717, 1.165) is 18.2 Å². The molecule has 0 amide bonds. The van der Waals surface area contributed by atoms with Gasteiger partial charge in [-0.25, -0.2) is 0 Å². The Morgan fingerprint density at radius 1 is 1.30 bits per heavy atom. The first-order valence-electron chi connectivity index (χ1n) is 7.02. The van der Waals surface area contributed by atoms with Crippen LogP contribution in [-0.4, -0.2) is 18.4 Å². The lowest BCUT2D eigenvalue weighted by Gasteiger charge is -2.20. The van der Waals surface area contributed by atoms with Crippen molar-refractivity contribution in [2.45, 2.75) is 32.4 Å². The number of hydrogen-bond donors (Lipinski definition) is 0. The maximum Gasteiger partial charge on any atom is 0.416 e. The second kappa shape index (κ2) is 7.77. The van der Waals surface area contributed by atoms with Crippen LogP contribution in [0.3, 0.4) is 0 Å². The third kappa shape index (κ3) is 4.55. The second-order valence-electron chi connectivity index (χ2n) is 4.78. The van der Waals surface area contributed by atoms with E-state index in [1.165, 1.54) is 19.9 Å². The molecule has 1 rings (SSSR count). The van der Waals surface area contributed by atoms with Gasteiger partial charge in [0.25, 0.3) is 0 Å². The van der Waals surface area contributed by atoms with Gasteiger partial charge < -0.3 is 4.74 Å². The Bertz CT molecular complexity index is 620. The van der Waals surface area contributed by atoms with Gasteiger partial charge in [-0.2, -0.15) is 18.4 Å². The summed E-state index contributed by atoms with van der Waals surface area (Å²) in [5.41, 5.74) is -0.982. The van der Waals surface area contributed by atoms with E-state index in [-0.39, 0.29) is 18.6 Å². The molecule has 7 heteroatoms. The van der Waals surface area contributed by atoms with Crippen LogP contribution in [-0.2, 0) is 20.5 Å². The molecule has 1 aromatic carbocycles. The third-order valence-corrected chi connectivity index (χ3v) is 3.28. The van der Waals surface area contributed by atoms with E-state index in [1.54, 1.807) is 6.07 Å². The topological polar surface area (TPSA) is 67.2 Å². The van der Waals surface area contributed by atoms with Crippen LogP contribution in [0.25, 0.3) is 0 Å². The summed E-state index contributed by atoms with van der Waals surface area (Å²) in [5, 5.41) is 9.31. The SMILES string of the molecule is CCOC(=O)C(C(=O)CC)C(C#N)c1cccc(C(F)(F)F)c1. The minimum atomic E-state index is -4.58. The van der Waals surface area contributed by atoms with Crippen LogP contribution in [0.15, 0.2) is 24.3 Å². The van der Waals surface area contributed by atoms with Crippen molar-refractivity contribution in [3.05, 3.63) is 35.4 Å². The normalized spacial score (nSPS) is 13.7. The Kier molecular flexibility index (Phi) is 6.31. The van der Waals surface area contributed by atoms with Gasteiger partial charge in [-0.3, -0.25) is 9.59 Å². The summed E-state index contributed by atoms with van der Waals surface area (Å²) >= 11 is 0. The van der Waals surface area contributed by atoms with Crippen molar-refractivity contribution in [3.8, 4) is 6.07 Å². The van der Waals surface area contributed by atoms with Crippen LogP contribution in [0.5, 0.6) is 0 Å². The molecule has 23 heavy (non-hydrogen) atoms. The zero-order valence-corrected chi connectivity index (χ0v) is 12.7. The first kappa shape index (κ1) is 18.7. The van der Waals surface area contributed by atoms with Crippen molar-refractivity contribution >= 4 is 11.8 Å². The number of alkyl halides is 3. The molecule has 0 radical (unpaired) electrons. The van der Waals surface area contributed by atoms with Crippen molar-refractivity contribution in [2.24, 2.45) is 5.92 Å². The van der Waals surface area contributed by atoms with E-state index in [9.17, 15) is 28.0 Å². The first-order chi connectivity index (χ1) is 10.8. The van der Waals surface area contributed by atoms with Crippen LogP contribution in [0.1, 0.15) is 37.3 Å². The van der Waals surface area contributed by atoms with Crippen molar-refractivity contribution in [1.29, 1.82) is 5.26 Å². The maximum atomic E-state index is 12.8. The first-order valence-corrected chi connectivity index (χ1v) is 7.02. The van der Waals surface area contributed by atoms with Crippen LogP contribution in [0.4, 0.5) is 13.2 Å². The number of hydrogen-bond acceptors (Lipinski definition) is 4. The fraction of sp³-hybridized carbons (Fsp3) is 0.438. The zero-order valence-electron chi connectivity index (χ0n) is 12.7. The highest BCUT2D eigenvalue weighted by atomic mass is 19.4. The molecular weight excluding hydrogens is 311 g/mol. The summed E-state index contributed by atoms with van der Waals surface area (Å²) in [5.74, 6) is -4.21. The summed E-state index contributed by atoms with van der Waals surface area (Å²) in [6.45, 7) is 3.05. The van der Waals surface area contributed by atoms with Crippen molar-refractivity contribution in [1.82, 2.24) is 0 Å². The average Bonchev–Trinajstić information content (AvgIpc) is 2.51. The van der Waals surface area contributed by atoms with E-state index in [4.69, 9.17) is 4.74 Å². The molecule has 0 aliphatic heterocycles. The van der Waals surface area contributed by atoms with Crippen LogP contribution < -0.4 is 0 Å². The standard InChI is InChI=1S/C16H16F3NO3/c1-3-13(21)14(15(22)23-4-2)12(9-20)10-6-5-7-11(8-10)16(17,18)19/h5-8,12,14H,3-4H2,1-2H3. The molecular formula is C16H16F3NO3. The highest BCUT2D eigenvalue weighted by molar-refractivity contribution is 6.00. The monoisotopic (exact) mass is 327 g/mol. The van der Waals surface area contributed by atoms with E-state index >= 15 is 0 Å². The largest absolute Gasteiger partial charge is 0.465 e. The lowest BCUT2D eigenvalue weighted by Crippen LogP contribution is -2.31. The van der Waals surface area contributed by atoms with Gasteiger partial charge in [0.15, 0.2) is 0 Å². The van der Waals surface area contributed by atoms with Gasteiger partial charge in [-0.05, 0) is 18.6 Å². The molecule has 4 nitrogen and oxygen atoms in total. The fourth-order valence-corrected chi connectivity index (χ4v) is 2.16. The summed E-state index contributed by atoms with van der Waals surface area (Å²) in [4.78, 5) is 24.0. The fourth-order valence-electron chi connectivity index (χ4n) is 2.16. The average molecular weight is 327 g/mol. The van der Waals surface area contributed by atoms with Crippen molar-refractivity contribution < 1.29 is 27.5 Å².